The van der Waals surface area contributed by atoms with E-state index in [0.29, 0.717) is 16.5 Å². The molecule has 7 heteroatoms. The number of pyridine rings is 1. The molecule has 0 saturated carbocycles. The third kappa shape index (κ3) is 2.98. The van der Waals surface area contributed by atoms with Gasteiger partial charge in [-0.15, -0.1) is 0 Å². The van der Waals surface area contributed by atoms with Crippen LogP contribution in [0.2, 0.25) is 0 Å². The van der Waals surface area contributed by atoms with Crippen LogP contribution in [0.3, 0.4) is 0 Å². The highest BCUT2D eigenvalue weighted by atomic mass is 16.5. The maximum absolute atomic E-state index is 12.5. The van der Waals surface area contributed by atoms with E-state index >= 15 is 0 Å². The van der Waals surface area contributed by atoms with Crippen molar-refractivity contribution in [3.05, 3.63) is 70.5 Å². The van der Waals surface area contributed by atoms with Crippen molar-refractivity contribution in [2.24, 2.45) is 0 Å². The number of aromatic nitrogens is 3. The molecule has 0 aliphatic carbocycles. The van der Waals surface area contributed by atoms with Crippen molar-refractivity contribution in [2.45, 2.75) is 13.2 Å². The molecule has 0 amide bonds. The van der Waals surface area contributed by atoms with Crippen LogP contribution >= 0.6 is 0 Å². The Balaban J connectivity index is 1.94. The monoisotopic (exact) mass is 320 g/mol. The first-order valence-corrected chi connectivity index (χ1v) is 7.13. The van der Waals surface area contributed by atoms with E-state index < -0.39 is 5.97 Å². The number of nitriles is 1. The second-order valence-electron chi connectivity index (χ2n) is 4.91. The normalized spacial score (nSPS) is 10.3. The molecule has 0 aliphatic rings. The molecule has 0 aliphatic heterocycles. The molecule has 0 fully saturated rings. The number of rotatable bonds is 4. The number of benzene rings is 1. The molecule has 2 heterocycles. The van der Waals surface area contributed by atoms with Gasteiger partial charge < -0.3 is 4.74 Å². The average Bonchev–Trinajstić information content (AvgIpc) is 2.63. The zero-order valence-electron chi connectivity index (χ0n) is 12.5. The van der Waals surface area contributed by atoms with Gasteiger partial charge in [-0.2, -0.15) is 5.26 Å². The van der Waals surface area contributed by atoms with E-state index in [2.05, 4.69) is 9.97 Å². The number of fused-ring (bicyclic) bond motifs is 1. The van der Waals surface area contributed by atoms with Gasteiger partial charge in [0.15, 0.2) is 5.82 Å². The molecule has 24 heavy (non-hydrogen) atoms. The standard InChI is InChI=1S/C17H12N4O3/c18-7-10-21-15(11-24-17(23)12-5-8-19-9-6-12)20-14-4-2-1-3-13(14)16(21)22/h1-6,8-9H,10-11H2. The summed E-state index contributed by atoms with van der Waals surface area (Å²) in [6.07, 6.45) is 2.97. The van der Waals surface area contributed by atoms with Crippen LogP contribution in [0, 0.1) is 11.3 Å². The van der Waals surface area contributed by atoms with Gasteiger partial charge >= 0.3 is 5.97 Å². The van der Waals surface area contributed by atoms with Crippen LogP contribution in [-0.2, 0) is 17.9 Å². The number of nitrogens with zero attached hydrogens (tertiary/aromatic N) is 4. The lowest BCUT2D eigenvalue weighted by molar-refractivity contribution is 0.0457. The van der Waals surface area contributed by atoms with Gasteiger partial charge in [0.2, 0.25) is 0 Å². The SMILES string of the molecule is N#CCn1c(COC(=O)c2ccncc2)nc2ccccc2c1=O. The minimum atomic E-state index is -0.552. The Hall–Kier alpha value is -3.53. The smallest absolute Gasteiger partial charge is 0.338 e. The predicted octanol–water partition coefficient (Wildman–Crippen LogP) is 1.67. The van der Waals surface area contributed by atoms with Gasteiger partial charge in [-0.05, 0) is 24.3 Å². The minimum absolute atomic E-state index is 0.168. The van der Waals surface area contributed by atoms with Gasteiger partial charge in [-0.1, -0.05) is 12.1 Å². The molecule has 0 N–H and O–H groups in total. The number of para-hydroxylation sites is 1. The van der Waals surface area contributed by atoms with Crippen LogP contribution in [-0.4, -0.2) is 20.5 Å². The largest absolute Gasteiger partial charge is 0.454 e. The zero-order valence-corrected chi connectivity index (χ0v) is 12.5. The van der Waals surface area contributed by atoms with E-state index in [1.807, 2.05) is 6.07 Å². The molecule has 0 saturated heterocycles. The maximum Gasteiger partial charge on any atom is 0.338 e. The van der Waals surface area contributed by atoms with E-state index in [1.165, 1.54) is 29.1 Å². The summed E-state index contributed by atoms with van der Waals surface area (Å²) < 4.78 is 6.42. The Bertz CT molecular complexity index is 990. The Morgan fingerprint density at radius 3 is 2.71 bits per heavy atom. The third-order valence-corrected chi connectivity index (χ3v) is 3.42. The van der Waals surface area contributed by atoms with Crippen LogP contribution in [0.4, 0.5) is 0 Å². The highest BCUT2D eigenvalue weighted by Gasteiger charge is 2.13. The van der Waals surface area contributed by atoms with E-state index in [0.717, 1.165) is 0 Å². The van der Waals surface area contributed by atoms with Crippen LogP contribution < -0.4 is 5.56 Å². The molecule has 0 bridgehead atoms. The van der Waals surface area contributed by atoms with Gasteiger partial charge in [-0.3, -0.25) is 14.3 Å². The van der Waals surface area contributed by atoms with Gasteiger partial charge in [0.05, 0.1) is 22.5 Å². The number of carbonyl (C=O) groups is 1. The van der Waals surface area contributed by atoms with Crippen molar-refractivity contribution >= 4 is 16.9 Å². The molecule has 3 rings (SSSR count). The number of hydrogen-bond acceptors (Lipinski definition) is 6. The Kier molecular flexibility index (Phi) is 4.29. The second-order valence-corrected chi connectivity index (χ2v) is 4.91. The van der Waals surface area contributed by atoms with Crippen LogP contribution in [0.15, 0.2) is 53.6 Å². The molecular weight excluding hydrogens is 308 g/mol. The van der Waals surface area contributed by atoms with Crippen molar-refractivity contribution in [3.63, 3.8) is 0 Å². The third-order valence-electron chi connectivity index (χ3n) is 3.42. The fraction of sp³-hybridized carbons (Fsp3) is 0.118. The molecule has 0 atom stereocenters. The van der Waals surface area contributed by atoms with Gasteiger partial charge in [0.25, 0.3) is 5.56 Å². The van der Waals surface area contributed by atoms with Crippen LogP contribution in [0.25, 0.3) is 10.9 Å². The highest BCUT2D eigenvalue weighted by Crippen LogP contribution is 2.10. The number of ether oxygens (including phenoxy) is 1. The topological polar surface area (TPSA) is 97.9 Å². The molecule has 3 aromatic rings. The number of carbonyl (C=O) groups excluding carboxylic acids is 1. The summed E-state index contributed by atoms with van der Waals surface area (Å²) in [7, 11) is 0. The fourth-order valence-electron chi connectivity index (χ4n) is 2.26. The molecule has 0 unspecified atom stereocenters. The first-order valence-electron chi connectivity index (χ1n) is 7.13. The molecule has 7 nitrogen and oxygen atoms in total. The van der Waals surface area contributed by atoms with Crippen LogP contribution in [0.1, 0.15) is 16.2 Å². The highest BCUT2D eigenvalue weighted by molar-refractivity contribution is 5.89. The van der Waals surface area contributed by atoms with Crippen molar-refractivity contribution in [1.82, 2.24) is 14.5 Å². The van der Waals surface area contributed by atoms with Gasteiger partial charge in [0, 0.05) is 12.4 Å². The lowest BCUT2D eigenvalue weighted by Crippen LogP contribution is -2.26. The van der Waals surface area contributed by atoms with E-state index in [9.17, 15) is 9.59 Å². The summed E-state index contributed by atoms with van der Waals surface area (Å²) in [6.45, 7) is -0.373. The summed E-state index contributed by atoms with van der Waals surface area (Å²) in [4.78, 5) is 32.7. The lowest BCUT2D eigenvalue weighted by Gasteiger charge is -2.11. The summed E-state index contributed by atoms with van der Waals surface area (Å²) in [5.41, 5.74) is 0.503. The molecular formula is C17H12N4O3. The summed E-state index contributed by atoms with van der Waals surface area (Å²) in [6, 6.07) is 11.8. The number of hydrogen-bond donors (Lipinski definition) is 0. The van der Waals surface area contributed by atoms with E-state index in [4.69, 9.17) is 10.00 Å². The summed E-state index contributed by atoms with van der Waals surface area (Å²) in [5.74, 6) is -0.328. The fourth-order valence-corrected chi connectivity index (χ4v) is 2.26. The van der Waals surface area contributed by atoms with Crippen LogP contribution in [0.5, 0.6) is 0 Å². The quantitative estimate of drug-likeness (QED) is 0.678. The Morgan fingerprint density at radius 1 is 1.21 bits per heavy atom. The Morgan fingerprint density at radius 2 is 1.96 bits per heavy atom. The Labute approximate surface area is 136 Å². The number of esters is 1. The first-order chi connectivity index (χ1) is 11.7. The van der Waals surface area contributed by atoms with E-state index in [1.54, 1.807) is 24.3 Å². The van der Waals surface area contributed by atoms with E-state index in [-0.39, 0.29) is 24.5 Å². The maximum atomic E-state index is 12.5. The summed E-state index contributed by atoms with van der Waals surface area (Å²) in [5, 5.41) is 9.36. The zero-order chi connectivity index (χ0) is 16.9. The van der Waals surface area contributed by atoms with Crippen molar-refractivity contribution < 1.29 is 9.53 Å². The molecule has 0 spiro atoms. The van der Waals surface area contributed by atoms with Gasteiger partial charge in [0.1, 0.15) is 13.2 Å². The second kappa shape index (κ2) is 6.71. The molecule has 118 valence electrons. The average molecular weight is 320 g/mol. The van der Waals surface area contributed by atoms with Crippen molar-refractivity contribution in [3.8, 4) is 6.07 Å². The first kappa shape index (κ1) is 15.4. The molecule has 2 aromatic heterocycles. The van der Waals surface area contributed by atoms with Crippen molar-refractivity contribution in [2.75, 3.05) is 0 Å². The molecule has 1 aromatic carbocycles. The molecule has 0 radical (unpaired) electrons. The van der Waals surface area contributed by atoms with Gasteiger partial charge in [-0.25, -0.2) is 9.78 Å². The predicted molar refractivity (Wildman–Crippen MR) is 85.0 cm³/mol. The van der Waals surface area contributed by atoms with Crippen molar-refractivity contribution in [1.29, 1.82) is 5.26 Å². The summed E-state index contributed by atoms with van der Waals surface area (Å²) >= 11 is 0. The minimum Gasteiger partial charge on any atom is -0.454 e. The lowest BCUT2D eigenvalue weighted by atomic mass is 10.2.